The van der Waals surface area contributed by atoms with Crippen molar-refractivity contribution in [1.82, 2.24) is 0 Å². The van der Waals surface area contributed by atoms with E-state index in [1.807, 2.05) is 54.6 Å². The molecule has 0 fully saturated rings. The van der Waals surface area contributed by atoms with Crippen LogP contribution in [0.3, 0.4) is 0 Å². The molecule has 1 atom stereocenters. The standard InChI is InChI=1S/C18H22O2S/c1-2-6-15(14-21)13-19-16-9-11-18(12-10-16)20-17-7-4-3-5-8-17/h3-5,7-12,15,21H,2,6,13-14H2,1H3. The summed E-state index contributed by atoms with van der Waals surface area (Å²) in [4.78, 5) is 0. The minimum Gasteiger partial charge on any atom is -0.493 e. The molecule has 0 N–H and O–H groups in total. The van der Waals surface area contributed by atoms with Crippen LogP contribution in [0.25, 0.3) is 0 Å². The summed E-state index contributed by atoms with van der Waals surface area (Å²) in [6, 6.07) is 17.5. The topological polar surface area (TPSA) is 18.5 Å². The van der Waals surface area contributed by atoms with E-state index in [1.165, 1.54) is 6.42 Å². The molecule has 0 bridgehead atoms. The number of ether oxygens (including phenoxy) is 2. The Kier molecular flexibility index (Phi) is 6.48. The van der Waals surface area contributed by atoms with Crippen LogP contribution in [0.4, 0.5) is 0 Å². The van der Waals surface area contributed by atoms with E-state index in [0.717, 1.165) is 36.0 Å². The molecule has 2 aromatic carbocycles. The lowest BCUT2D eigenvalue weighted by Crippen LogP contribution is -2.13. The van der Waals surface area contributed by atoms with Gasteiger partial charge in [0.1, 0.15) is 17.2 Å². The van der Waals surface area contributed by atoms with Crippen LogP contribution in [-0.4, -0.2) is 12.4 Å². The minimum absolute atomic E-state index is 0.513. The van der Waals surface area contributed by atoms with Gasteiger partial charge in [-0.05, 0) is 48.6 Å². The van der Waals surface area contributed by atoms with Crippen LogP contribution in [0, 0.1) is 5.92 Å². The molecule has 21 heavy (non-hydrogen) atoms. The third-order valence-corrected chi connectivity index (χ3v) is 3.76. The highest BCUT2D eigenvalue weighted by Gasteiger charge is 2.06. The van der Waals surface area contributed by atoms with E-state index in [9.17, 15) is 0 Å². The molecule has 0 aromatic heterocycles. The van der Waals surface area contributed by atoms with Crippen LogP contribution in [0.2, 0.25) is 0 Å². The summed E-state index contributed by atoms with van der Waals surface area (Å²) in [6.45, 7) is 2.91. The summed E-state index contributed by atoms with van der Waals surface area (Å²) in [6.07, 6.45) is 2.32. The maximum absolute atomic E-state index is 5.81. The molecular weight excluding hydrogens is 280 g/mol. The molecular formula is C18H22O2S. The maximum Gasteiger partial charge on any atom is 0.127 e. The van der Waals surface area contributed by atoms with Crippen LogP contribution in [0.5, 0.6) is 17.2 Å². The first kappa shape index (κ1) is 15.8. The van der Waals surface area contributed by atoms with Gasteiger partial charge in [-0.3, -0.25) is 0 Å². The normalized spacial score (nSPS) is 11.9. The Bertz CT molecular complexity index is 511. The lowest BCUT2D eigenvalue weighted by molar-refractivity contribution is 0.254. The second kappa shape index (κ2) is 8.63. The average molecular weight is 302 g/mol. The zero-order valence-corrected chi connectivity index (χ0v) is 13.3. The number of benzene rings is 2. The van der Waals surface area contributed by atoms with Crippen molar-refractivity contribution >= 4 is 12.6 Å². The molecule has 112 valence electrons. The molecule has 0 aliphatic rings. The molecule has 0 heterocycles. The van der Waals surface area contributed by atoms with Crippen molar-refractivity contribution in [3.05, 3.63) is 54.6 Å². The van der Waals surface area contributed by atoms with Crippen molar-refractivity contribution in [1.29, 1.82) is 0 Å². The Balaban J connectivity index is 1.87. The lowest BCUT2D eigenvalue weighted by atomic mass is 10.1. The summed E-state index contributed by atoms with van der Waals surface area (Å²) in [5, 5.41) is 0. The lowest BCUT2D eigenvalue weighted by Gasteiger charge is -2.14. The van der Waals surface area contributed by atoms with Gasteiger partial charge >= 0.3 is 0 Å². The molecule has 1 unspecified atom stereocenters. The molecule has 2 nitrogen and oxygen atoms in total. The van der Waals surface area contributed by atoms with E-state index in [4.69, 9.17) is 9.47 Å². The van der Waals surface area contributed by atoms with Gasteiger partial charge in [-0.25, -0.2) is 0 Å². The van der Waals surface area contributed by atoms with Gasteiger partial charge in [-0.2, -0.15) is 12.6 Å². The highest BCUT2D eigenvalue weighted by atomic mass is 32.1. The number of para-hydroxylation sites is 1. The molecule has 2 aromatic rings. The van der Waals surface area contributed by atoms with E-state index in [2.05, 4.69) is 19.6 Å². The summed E-state index contributed by atoms with van der Waals surface area (Å²) < 4.78 is 11.6. The first-order chi connectivity index (χ1) is 10.3. The Morgan fingerprint density at radius 3 is 2.14 bits per heavy atom. The Hall–Kier alpha value is -1.61. The number of hydrogen-bond donors (Lipinski definition) is 1. The monoisotopic (exact) mass is 302 g/mol. The van der Waals surface area contributed by atoms with E-state index in [0.29, 0.717) is 5.92 Å². The number of hydrogen-bond acceptors (Lipinski definition) is 3. The summed E-state index contributed by atoms with van der Waals surface area (Å²) >= 11 is 4.37. The molecule has 0 spiro atoms. The average Bonchev–Trinajstić information content (AvgIpc) is 2.54. The van der Waals surface area contributed by atoms with Crippen molar-refractivity contribution in [2.75, 3.05) is 12.4 Å². The number of thiol groups is 1. The highest BCUT2D eigenvalue weighted by molar-refractivity contribution is 7.80. The van der Waals surface area contributed by atoms with Gasteiger partial charge in [0.15, 0.2) is 0 Å². The van der Waals surface area contributed by atoms with Gasteiger partial charge in [0.05, 0.1) is 6.61 Å². The Morgan fingerprint density at radius 1 is 0.905 bits per heavy atom. The zero-order chi connectivity index (χ0) is 14.9. The molecule has 0 aliphatic heterocycles. The molecule has 0 saturated heterocycles. The second-order valence-corrected chi connectivity index (χ2v) is 5.40. The van der Waals surface area contributed by atoms with Crippen molar-refractivity contribution in [3.63, 3.8) is 0 Å². The molecule has 2 rings (SSSR count). The van der Waals surface area contributed by atoms with E-state index in [-0.39, 0.29) is 0 Å². The minimum atomic E-state index is 0.513. The van der Waals surface area contributed by atoms with Crippen molar-refractivity contribution < 1.29 is 9.47 Å². The third kappa shape index (κ3) is 5.35. The maximum atomic E-state index is 5.81. The third-order valence-electron chi connectivity index (χ3n) is 3.24. The van der Waals surface area contributed by atoms with E-state index >= 15 is 0 Å². The van der Waals surface area contributed by atoms with Crippen molar-refractivity contribution in [2.45, 2.75) is 19.8 Å². The van der Waals surface area contributed by atoms with E-state index < -0.39 is 0 Å². The highest BCUT2D eigenvalue weighted by Crippen LogP contribution is 2.24. The largest absolute Gasteiger partial charge is 0.493 e. The fourth-order valence-corrected chi connectivity index (χ4v) is 2.37. The SMILES string of the molecule is CCCC(CS)COc1ccc(Oc2ccccc2)cc1. The Labute approximate surface area is 132 Å². The van der Waals surface area contributed by atoms with E-state index in [1.54, 1.807) is 0 Å². The van der Waals surface area contributed by atoms with Crippen LogP contribution in [0.15, 0.2) is 54.6 Å². The second-order valence-electron chi connectivity index (χ2n) is 5.03. The zero-order valence-electron chi connectivity index (χ0n) is 12.4. The van der Waals surface area contributed by atoms with Crippen LogP contribution >= 0.6 is 12.6 Å². The number of rotatable bonds is 8. The van der Waals surface area contributed by atoms with Gasteiger partial charge in [-0.1, -0.05) is 31.5 Å². The summed E-state index contributed by atoms with van der Waals surface area (Å²) in [5.74, 6) is 3.90. The fraction of sp³-hybridized carbons (Fsp3) is 0.333. The predicted octanol–water partition coefficient (Wildman–Crippen LogP) is 5.20. The summed E-state index contributed by atoms with van der Waals surface area (Å²) in [7, 11) is 0. The summed E-state index contributed by atoms with van der Waals surface area (Å²) in [5.41, 5.74) is 0. The van der Waals surface area contributed by atoms with Crippen molar-refractivity contribution in [2.24, 2.45) is 5.92 Å². The van der Waals surface area contributed by atoms with Gasteiger partial charge in [-0.15, -0.1) is 0 Å². The smallest absolute Gasteiger partial charge is 0.127 e. The molecule has 0 saturated carbocycles. The molecule has 0 radical (unpaired) electrons. The van der Waals surface area contributed by atoms with Crippen LogP contribution in [0.1, 0.15) is 19.8 Å². The first-order valence-corrected chi connectivity index (χ1v) is 8.01. The van der Waals surface area contributed by atoms with Crippen molar-refractivity contribution in [3.8, 4) is 17.2 Å². The fourth-order valence-electron chi connectivity index (χ4n) is 2.08. The molecule has 0 amide bonds. The van der Waals surface area contributed by atoms with Gasteiger partial charge in [0.2, 0.25) is 0 Å². The van der Waals surface area contributed by atoms with Gasteiger partial charge in [0, 0.05) is 5.92 Å². The van der Waals surface area contributed by atoms with Crippen LogP contribution < -0.4 is 9.47 Å². The van der Waals surface area contributed by atoms with Gasteiger partial charge in [0.25, 0.3) is 0 Å². The Morgan fingerprint density at radius 2 is 1.52 bits per heavy atom. The van der Waals surface area contributed by atoms with Gasteiger partial charge < -0.3 is 9.47 Å². The quantitative estimate of drug-likeness (QED) is 0.675. The molecule has 3 heteroatoms. The first-order valence-electron chi connectivity index (χ1n) is 7.38. The predicted molar refractivity (Wildman–Crippen MR) is 90.7 cm³/mol. The van der Waals surface area contributed by atoms with Crippen LogP contribution in [-0.2, 0) is 0 Å². The molecule has 0 aliphatic carbocycles.